The van der Waals surface area contributed by atoms with Crippen LogP contribution < -0.4 is 10.6 Å². The summed E-state index contributed by atoms with van der Waals surface area (Å²) in [5, 5.41) is 11.0. The quantitative estimate of drug-likeness (QED) is 0.911. The van der Waals surface area contributed by atoms with E-state index in [1.165, 1.54) is 0 Å². The molecule has 1 aromatic carbocycles. The van der Waals surface area contributed by atoms with E-state index < -0.39 is 0 Å². The van der Waals surface area contributed by atoms with E-state index >= 15 is 0 Å². The van der Waals surface area contributed by atoms with Crippen molar-refractivity contribution in [3.8, 4) is 5.69 Å². The van der Waals surface area contributed by atoms with E-state index in [0.29, 0.717) is 16.6 Å². The van der Waals surface area contributed by atoms with E-state index in [2.05, 4.69) is 15.7 Å². The van der Waals surface area contributed by atoms with Crippen LogP contribution in [0.3, 0.4) is 0 Å². The van der Waals surface area contributed by atoms with Gasteiger partial charge in [-0.3, -0.25) is 4.79 Å². The maximum absolute atomic E-state index is 12.4. The van der Waals surface area contributed by atoms with Crippen LogP contribution in [-0.4, -0.2) is 28.8 Å². The topological polar surface area (TPSA) is 59.0 Å². The first-order valence-corrected chi connectivity index (χ1v) is 7.34. The van der Waals surface area contributed by atoms with Gasteiger partial charge in [0.25, 0.3) is 0 Å². The largest absolute Gasteiger partial charge is 0.324 e. The lowest BCUT2D eigenvalue weighted by Gasteiger charge is -2.31. The number of nitrogens with zero attached hydrogens (tertiary/aromatic N) is 2. The molecule has 2 N–H and O–H groups in total. The van der Waals surface area contributed by atoms with E-state index in [1.54, 1.807) is 23.0 Å². The standard InChI is InChI=1S/C15H17ClN4O/c1-10(11-8-17-9-11)15(21)19-13-7-12(16)3-4-14(13)20-6-2-5-18-20/h2-7,10-11,17H,8-9H2,1H3,(H,19,21). The number of nitrogens with one attached hydrogen (secondary N) is 2. The molecule has 1 atom stereocenters. The number of carbonyl (C=O) groups is 1. The highest BCUT2D eigenvalue weighted by molar-refractivity contribution is 6.31. The summed E-state index contributed by atoms with van der Waals surface area (Å²) in [5.74, 6) is 0.380. The molecule has 1 unspecified atom stereocenters. The summed E-state index contributed by atoms with van der Waals surface area (Å²) < 4.78 is 1.71. The van der Waals surface area contributed by atoms with Gasteiger partial charge in [0.05, 0.1) is 11.4 Å². The number of amides is 1. The van der Waals surface area contributed by atoms with Gasteiger partial charge in [-0.1, -0.05) is 18.5 Å². The van der Waals surface area contributed by atoms with Gasteiger partial charge in [0.15, 0.2) is 0 Å². The Hall–Kier alpha value is -1.85. The van der Waals surface area contributed by atoms with Crippen LogP contribution >= 0.6 is 11.6 Å². The summed E-state index contributed by atoms with van der Waals surface area (Å²) >= 11 is 6.05. The molecule has 2 aromatic rings. The first-order valence-electron chi connectivity index (χ1n) is 6.96. The van der Waals surface area contributed by atoms with E-state index in [4.69, 9.17) is 11.6 Å². The van der Waals surface area contributed by atoms with E-state index in [9.17, 15) is 4.79 Å². The Morgan fingerprint density at radius 1 is 1.52 bits per heavy atom. The minimum Gasteiger partial charge on any atom is -0.324 e. The second-order valence-corrected chi connectivity index (χ2v) is 5.74. The molecule has 0 saturated carbocycles. The van der Waals surface area contributed by atoms with Gasteiger partial charge in [-0.05, 0) is 43.3 Å². The van der Waals surface area contributed by atoms with Crippen molar-refractivity contribution in [3.63, 3.8) is 0 Å². The number of hydrogen-bond donors (Lipinski definition) is 2. The minimum absolute atomic E-state index is 0.0113. The van der Waals surface area contributed by atoms with Crippen LogP contribution in [0.25, 0.3) is 5.69 Å². The Bertz CT molecular complexity index is 637. The normalized spacial score (nSPS) is 16.3. The molecule has 6 heteroatoms. The number of carbonyl (C=O) groups excluding carboxylic acids is 1. The number of anilines is 1. The maximum atomic E-state index is 12.4. The highest BCUT2D eigenvalue weighted by Gasteiger charge is 2.29. The summed E-state index contributed by atoms with van der Waals surface area (Å²) in [6.07, 6.45) is 3.53. The molecule has 0 radical (unpaired) electrons. The van der Waals surface area contributed by atoms with Gasteiger partial charge >= 0.3 is 0 Å². The molecule has 2 heterocycles. The summed E-state index contributed by atoms with van der Waals surface area (Å²) in [6.45, 7) is 3.76. The van der Waals surface area contributed by atoms with Gasteiger partial charge in [0.2, 0.25) is 5.91 Å². The minimum atomic E-state index is -0.0318. The number of aromatic nitrogens is 2. The Labute approximate surface area is 128 Å². The third kappa shape index (κ3) is 2.94. The summed E-state index contributed by atoms with van der Waals surface area (Å²) in [5.41, 5.74) is 1.48. The highest BCUT2D eigenvalue weighted by Crippen LogP contribution is 2.26. The molecular formula is C15H17ClN4O. The van der Waals surface area contributed by atoms with Gasteiger partial charge in [0, 0.05) is 23.3 Å². The fourth-order valence-electron chi connectivity index (χ4n) is 2.34. The highest BCUT2D eigenvalue weighted by atomic mass is 35.5. The summed E-state index contributed by atoms with van der Waals surface area (Å²) in [6, 6.07) is 7.22. The fourth-order valence-corrected chi connectivity index (χ4v) is 2.52. The van der Waals surface area contributed by atoms with Crippen molar-refractivity contribution in [3.05, 3.63) is 41.7 Å². The van der Waals surface area contributed by atoms with Crippen molar-refractivity contribution in [1.82, 2.24) is 15.1 Å². The second-order valence-electron chi connectivity index (χ2n) is 5.31. The summed E-state index contributed by atoms with van der Waals surface area (Å²) in [7, 11) is 0. The molecule has 1 aromatic heterocycles. The molecule has 5 nitrogen and oxygen atoms in total. The third-order valence-electron chi connectivity index (χ3n) is 3.90. The molecule has 1 aliphatic rings. The van der Waals surface area contributed by atoms with E-state index in [0.717, 1.165) is 18.8 Å². The lowest BCUT2D eigenvalue weighted by Crippen LogP contribution is -2.48. The van der Waals surface area contributed by atoms with Crippen LogP contribution in [0, 0.1) is 11.8 Å². The van der Waals surface area contributed by atoms with E-state index in [1.807, 2.05) is 25.3 Å². The lowest BCUT2D eigenvalue weighted by atomic mass is 9.88. The molecule has 0 aliphatic carbocycles. The fraction of sp³-hybridized carbons (Fsp3) is 0.333. The predicted molar refractivity (Wildman–Crippen MR) is 82.7 cm³/mol. The van der Waals surface area contributed by atoms with Crippen LogP contribution in [0.1, 0.15) is 6.92 Å². The Morgan fingerprint density at radius 3 is 2.95 bits per heavy atom. The Balaban J connectivity index is 1.83. The average molecular weight is 305 g/mol. The Morgan fingerprint density at radius 2 is 2.33 bits per heavy atom. The molecule has 0 bridgehead atoms. The molecule has 1 amide bonds. The number of hydrogen-bond acceptors (Lipinski definition) is 3. The van der Waals surface area contributed by atoms with Gasteiger partial charge in [-0.15, -0.1) is 0 Å². The van der Waals surface area contributed by atoms with E-state index in [-0.39, 0.29) is 11.8 Å². The molecule has 3 rings (SSSR count). The molecule has 1 saturated heterocycles. The van der Waals surface area contributed by atoms with Crippen molar-refractivity contribution in [2.24, 2.45) is 11.8 Å². The molecule has 1 aliphatic heterocycles. The Kier molecular flexibility index (Phi) is 3.94. The first-order chi connectivity index (χ1) is 10.1. The maximum Gasteiger partial charge on any atom is 0.227 e. The summed E-state index contributed by atoms with van der Waals surface area (Å²) in [4.78, 5) is 12.4. The average Bonchev–Trinajstić information content (AvgIpc) is 2.90. The van der Waals surface area contributed by atoms with Gasteiger partial charge in [0.1, 0.15) is 0 Å². The van der Waals surface area contributed by atoms with Crippen LogP contribution in [0.2, 0.25) is 5.02 Å². The third-order valence-corrected chi connectivity index (χ3v) is 4.14. The zero-order valence-corrected chi connectivity index (χ0v) is 12.5. The van der Waals surface area contributed by atoms with Gasteiger partial charge in [-0.25, -0.2) is 4.68 Å². The molecule has 21 heavy (non-hydrogen) atoms. The smallest absolute Gasteiger partial charge is 0.227 e. The van der Waals surface area contributed by atoms with Crippen LogP contribution in [-0.2, 0) is 4.79 Å². The monoisotopic (exact) mass is 304 g/mol. The molecule has 110 valence electrons. The first kappa shape index (κ1) is 14.1. The van der Waals surface area contributed by atoms with Gasteiger partial charge in [-0.2, -0.15) is 5.10 Å². The predicted octanol–water partition coefficient (Wildman–Crippen LogP) is 2.32. The van der Waals surface area contributed by atoms with Gasteiger partial charge < -0.3 is 10.6 Å². The zero-order chi connectivity index (χ0) is 14.8. The number of benzene rings is 1. The zero-order valence-electron chi connectivity index (χ0n) is 11.7. The molecule has 0 spiro atoms. The lowest BCUT2D eigenvalue weighted by molar-refractivity contribution is -0.121. The molecular weight excluding hydrogens is 288 g/mol. The number of rotatable bonds is 4. The van der Waals surface area contributed by atoms with Crippen molar-refractivity contribution < 1.29 is 4.79 Å². The van der Waals surface area contributed by atoms with Crippen molar-refractivity contribution in [2.75, 3.05) is 18.4 Å². The van der Waals surface area contributed by atoms with Crippen molar-refractivity contribution in [2.45, 2.75) is 6.92 Å². The van der Waals surface area contributed by atoms with Crippen LogP contribution in [0.15, 0.2) is 36.7 Å². The molecule has 1 fully saturated rings. The second kappa shape index (κ2) is 5.87. The number of halogens is 1. The SMILES string of the molecule is CC(C(=O)Nc1cc(Cl)ccc1-n1cccn1)C1CNC1. The van der Waals surface area contributed by atoms with Crippen LogP contribution in [0.4, 0.5) is 5.69 Å². The van der Waals surface area contributed by atoms with Crippen molar-refractivity contribution in [1.29, 1.82) is 0 Å². The van der Waals surface area contributed by atoms with Crippen molar-refractivity contribution >= 4 is 23.2 Å². The van der Waals surface area contributed by atoms with Crippen LogP contribution in [0.5, 0.6) is 0 Å².